The van der Waals surface area contributed by atoms with Crippen molar-refractivity contribution in [3.05, 3.63) is 64.7 Å². The fraction of sp³-hybridized carbons (Fsp3) is 0.481. The van der Waals surface area contributed by atoms with Crippen LogP contribution in [0.25, 0.3) is 0 Å². The number of benzene rings is 2. The highest BCUT2D eigenvalue weighted by atomic mass is 32.2. The molecule has 9 heteroatoms. The Bertz CT molecular complexity index is 1020. The van der Waals surface area contributed by atoms with Crippen molar-refractivity contribution < 1.29 is 32.5 Å². The third kappa shape index (κ3) is 9.50. The second-order valence-electron chi connectivity index (χ2n) is 9.03. The van der Waals surface area contributed by atoms with E-state index in [1.54, 1.807) is 12.1 Å². The summed E-state index contributed by atoms with van der Waals surface area (Å²) in [6, 6.07) is 10.4. The molecule has 1 unspecified atom stereocenters. The predicted octanol–water partition coefficient (Wildman–Crippen LogP) is 6.60. The molecule has 0 saturated carbocycles. The van der Waals surface area contributed by atoms with Crippen LogP contribution < -0.4 is 4.74 Å². The molecule has 0 amide bonds. The second kappa shape index (κ2) is 13.7. The van der Waals surface area contributed by atoms with E-state index < -0.39 is 23.8 Å². The van der Waals surface area contributed by atoms with Crippen LogP contribution >= 0.6 is 11.8 Å². The topological polar surface area (TPSA) is 68.1 Å². The van der Waals surface area contributed by atoms with Gasteiger partial charge < -0.3 is 14.6 Å². The summed E-state index contributed by atoms with van der Waals surface area (Å²) in [4.78, 5) is 15.9. The first-order valence-corrected chi connectivity index (χ1v) is 12.7. The summed E-state index contributed by atoms with van der Waals surface area (Å²) in [7, 11) is 1.29. The number of aliphatic imine (C=N–C) groups is 1. The van der Waals surface area contributed by atoms with Gasteiger partial charge in [-0.25, -0.2) is 4.79 Å². The van der Waals surface area contributed by atoms with Crippen LogP contribution in [0.2, 0.25) is 0 Å². The number of aliphatic hydroxyl groups is 1. The molecule has 0 fully saturated rings. The summed E-state index contributed by atoms with van der Waals surface area (Å²) in [5, 5.41) is 11.5. The quantitative estimate of drug-likeness (QED) is 0.203. The van der Waals surface area contributed by atoms with Gasteiger partial charge in [0.1, 0.15) is 5.75 Å². The molecule has 36 heavy (non-hydrogen) atoms. The lowest BCUT2D eigenvalue weighted by molar-refractivity contribution is -0.143. The summed E-state index contributed by atoms with van der Waals surface area (Å²) in [6.07, 6.45) is -3.90. The third-order valence-corrected chi connectivity index (χ3v) is 6.60. The molecule has 2 aromatic rings. The fourth-order valence-electron chi connectivity index (χ4n) is 3.31. The van der Waals surface area contributed by atoms with Crippen molar-refractivity contribution in [2.45, 2.75) is 58.1 Å². The van der Waals surface area contributed by atoms with E-state index in [1.807, 2.05) is 33.8 Å². The Balaban J connectivity index is 2.01. The first-order valence-electron chi connectivity index (χ1n) is 11.8. The number of rotatable bonds is 11. The first kappa shape index (κ1) is 29.7. The number of halogens is 3. The molecular formula is C27H34F3NO4S. The molecule has 0 saturated heterocycles. The lowest BCUT2D eigenvalue weighted by atomic mass is 10.0. The Labute approximate surface area is 215 Å². The highest BCUT2D eigenvalue weighted by Gasteiger charge is 2.30. The zero-order valence-electron chi connectivity index (χ0n) is 21.3. The average molecular weight is 526 g/mol. The van der Waals surface area contributed by atoms with Gasteiger partial charge in [0.05, 0.1) is 23.8 Å². The van der Waals surface area contributed by atoms with E-state index in [1.165, 1.54) is 31.0 Å². The molecule has 198 valence electrons. The first-order chi connectivity index (χ1) is 16.9. The Morgan fingerprint density at radius 3 is 2.31 bits per heavy atom. The molecule has 0 bridgehead atoms. The van der Waals surface area contributed by atoms with Gasteiger partial charge >= 0.3 is 12.1 Å². The van der Waals surface area contributed by atoms with Gasteiger partial charge in [0.2, 0.25) is 0 Å². The normalized spacial score (nSPS) is 14.0. The number of nitrogens with zero attached hydrogens (tertiary/aromatic N) is 1. The van der Waals surface area contributed by atoms with E-state index in [0.29, 0.717) is 41.7 Å². The molecule has 0 aliphatic heterocycles. The molecule has 0 heterocycles. The number of alkyl halides is 3. The van der Waals surface area contributed by atoms with Crippen molar-refractivity contribution in [1.82, 2.24) is 0 Å². The van der Waals surface area contributed by atoms with Crippen molar-refractivity contribution in [2.24, 2.45) is 10.9 Å². The van der Waals surface area contributed by atoms with E-state index in [-0.39, 0.29) is 11.9 Å². The summed E-state index contributed by atoms with van der Waals surface area (Å²) in [6.45, 7) is 8.30. The van der Waals surface area contributed by atoms with Gasteiger partial charge in [0.25, 0.3) is 0 Å². The van der Waals surface area contributed by atoms with E-state index in [0.717, 1.165) is 23.3 Å². The average Bonchev–Trinajstić information content (AvgIpc) is 2.83. The Morgan fingerprint density at radius 2 is 1.75 bits per heavy atom. The minimum Gasteiger partial charge on any atom is -0.482 e. The SMILES string of the molecule is COC(=O)COc1ccc([C@H](O)CCC(C)SC(=NCC(C)C)c2ccc(C(F)(F)F)cc2)cc1C. The number of esters is 1. The molecule has 2 atom stereocenters. The number of hydrogen-bond donors (Lipinski definition) is 1. The van der Waals surface area contributed by atoms with Gasteiger partial charge in [-0.05, 0) is 61.1 Å². The largest absolute Gasteiger partial charge is 0.482 e. The maximum absolute atomic E-state index is 12.9. The molecule has 0 aliphatic carbocycles. The summed E-state index contributed by atoms with van der Waals surface area (Å²) in [5.41, 5.74) is 1.50. The maximum atomic E-state index is 12.9. The van der Waals surface area contributed by atoms with Gasteiger partial charge in [0, 0.05) is 17.4 Å². The molecule has 0 spiro atoms. The monoisotopic (exact) mass is 525 g/mol. The van der Waals surface area contributed by atoms with E-state index >= 15 is 0 Å². The number of aliphatic hydroxyl groups excluding tert-OH is 1. The van der Waals surface area contributed by atoms with Crippen LogP contribution in [-0.4, -0.2) is 41.6 Å². The number of hydrogen-bond acceptors (Lipinski definition) is 6. The zero-order valence-corrected chi connectivity index (χ0v) is 22.1. The van der Waals surface area contributed by atoms with Gasteiger partial charge in [-0.15, -0.1) is 11.8 Å². The van der Waals surface area contributed by atoms with Crippen molar-refractivity contribution in [2.75, 3.05) is 20.3 Å². The van der Waals surface area contributed by atoms with Crippen LogP contribution in [0.3, 0.4) is 0 Å². The molecule has 1 N–H and O–H groups in total. The van der Waals surface area contributed by atoms with Crippen molar-refractivity contribution in [3.63, 3.8) is 0 Å². The smallest absolute Gasteiger partial charge is 0.416 e. The maximum Gasteiger partial charge on any atom is 0.416 e. The third-order valence-electron chi connectivity index (χ3n) is 5.38. The van der Waals surface area contributed by atoms with Crippen LogP contribution in [-0.2, 0) is 15.7 Å². The number of aryl methyl sites for hydroxylation is 1. The minimum atomic E-state index is -4.38. The lowest BCUT2D eigenvalue weighted by Crippen LogP contribution is -2.13. The second-order valence-corrected chi connectivity index (χ2v) is 10.5. The number of thioether (sulfide) groups is 1. The molecule has 5 nitrogen and oxygen atoms in total. The molecule has 2 aromatic carbocycles. The van der Waals surface area contributed by atoms with Gasteiger partial charge in [-0.1, -0.05) is 39.0 Å². The van der Waals surface area contributed by atoms with Crippen molar-refractivity contribution in [1.29, 1.82) is 0 Å². The number of ether oxygens (including phenoxy) is 2. The van der Waals surface area contributed by atoms with Crippen LogP contribution in [0.1, 0.15) is 62.0 Å². The van der Waals surface area contributed by atoms with Gasteiger partial charge in [-0.3, -0.25) is 4.99 Å². The molecule has 0 aliphatic rings. The Kier molecular flexibility index (Phi) is 11.3. The van der Waals surface area contributed by atoms with E-state index in [2.05, 4.69) is 9.73 Å². The van der Waals surface area contributed by atoms with E-state index in [9.17, 15) is 23.1 Å². The summed E-state index contributed by atoms with van der Waals surface area (Å²) in [5.74, 6) is 0.385. The molecule has 0 radical (unpaired) electrons. The minimum absolute atomic E-state index is 0.0802. The highest BCUT2D eigenvalue weighted by Crippen LogP contribution is 2.32. The van der Waals surface area contributed by atoms with Crippen molar-refractivity contribution in [3.8, 4) is 5.75 Å². The van der Waals surface area contributed by atoms with E-state index in [4.69, 9.17) is 4.74 Å². The lowest BCUT2D eigenvalue weighted by Gasteiger charge is -2.18. The predicted molar refractivity (Wildman–Crippen MR) is 138 cm³/mol. The van der Waals surface area contributed by atoms with Crippen LogP contribution in [0.5, 0.6) is 5.75 Å². The van der Waals surface area contributed by atoms with Crippen LogP contribution in [0.4, 0.5) is 13.2 Å². The van der Waals surface area contributed by atoms with Gasteiger partial charge in [0.15, 0.2) is 6.61 Å². The standard InChI is InChI=1S/C27H34F3NO4S/c1-17(2)15-31-26(20-7-10-22(11-8-20)27(28,29)30)36-19(4)6-12-23(32)21-9-13-24(18(3)14-21)35-16-25(33)34-5/h7-11,13-14,17,19,23,32H,6,12,15-16H2,1-5H3/t19?,23-/m1/s1. The van der Waals surface area contributed by atoms with Crippen LogP contribution in [0.15, 0.2) is 47.5 Å². The van der Waals surface area contributed by atoms with Gasteiger partial charge in [-0.2, -0.15) is 13.2 Å². The highest BCUT2D eigenvalue weighted by molar-refractivity contribution is 8.14. The zero-order chi connectivity index (χ0) is 26.9. The number of carbonyl (C=O) groups is 1. The van der Waals surface area contributed by atoms with Crippen molar-refractivity contribution >= 4 is 22.8 Å². The molecular weight excluding hydrogens is 491 g/mol. The summed E-state index contributed by atoms with van der Waals surface area (Å²) < 4.78 is 48.9. The molecule has 2 rings (SSSR count). The molecule has 0 aromatic heterocycles. The fourth-order valence-corrected chi connectivity index (χ4v) is 4.37. The Morgan fingerprint density at radius 1 is 1.08 bits per heavy atom. The number of methoxy groups -OCH3 is 1. The Hall–Kier alpha value is -2.52. The summed E-state index contributed by atoms with van der Waals surface area (Å²) >= 11 is 1.50. The number of carbonyl (C=O) groups excluding carboxylic acids is 1. The van der Waals surface area contributed by atoms with Crippen LogP contribution in [0, 0.1) is 12.8 Å².